The van der Waals surface area contributed by atoms with Crippen LogP contribution >= 0.6 is 0 Å². The number of hydrogen-bond donors (Lipinski definition) is 3. The van der Waals surface area contributed by atoms with Crippen molar-refractivity contribution in [2.24, 2.45) is 29.1 Å². The molecule has 2 heterocycles. The van der Waals surface area contributed by atoms with Crippen LogP contribution in [0.25, 0.3) is 0 Å². The van der Waals surface area contributed by atoms with Crippen LogP contribution < -0.4 is 16.0 Å². The Kier molecular flexibility index (Phi) is 7.15. The maximum Gasteiger partial charge on any atom is 0.471 e. The van der Waals surface area contributed by atoms with Crippen molar-refractivity contribution in [2.45, 2.75) is 70.3 Å². The molecule has 0 spiro atoms. The molecule has 0 aromatic carbocycles. The SMILES string of the molecule is C=CC(=O)C[C@H](C[C@@H]1CCNC1=O)NC(=O)[C@@H]1[C@@H]2[C@H](CN1C(=O)[C@@H](NC(=O)C(F)(F)F)C1CC1)C2(C)C. The average molecular weight is 527 g/mol. The molecule has 37 heavy (non-hydrogen) atoms. The van der Waals surface area contributed by atoms with Crippen molar-refractivity contribution < 1.29 is 37.1 Å². The first kappa shape index (κ1) is 27.1. The molecule has 2 aliphatic carbocycles. The highest BCUT2D eigenvalue weighted by molar-refractivity contribution is 5.95. The van der Waals surface area contributed by atoms with Gasteiger partial charge in [-0.2, -0.15) is 13.2 Å². The van der Waals surface area contributed by atoms with E-state index in [-0.39, 0.29) is 54.2 Å². The second-order valence-corrected chi connectivity index (χ2v) is 11.3. The van der Waals surface area contributed by atoms with Gasteiger partial charge < -0.3 is 20.9 Å². The molecule has 0 radical (unpaired) electrons. The van der Waals surface area contributed by atoms with Gasteiger partial charge >= 0.3 is 12.1 Å². The number of rotatable bonds is 10. The van der Waals surface area contributed by atoms with Crippen LogP contribution in [0.5, 0.6) is 0 Å². The fraction of sp³-hybridized carbons (Fsp3) is 0.720. The second-order valence-electron chi connectivity index (χ2n) is 11.3. The predicted molar refractivity (Wildman–Crippen MR) is 124 cm³/mol. The zero-order valence-electron chi connectivity index (χ0n) is 20.9. The monoisotopic (exact) mass is 526 g/mol. The van der Waals surface area contributed by atoms with Crippen molar-refractivity contribution in [1.82, 2.24) is 20.9 Å². The summed E-state index contributed by atoms with van der Waals surface area (Å²) in [6.45, 7) is 8.10. The molecular formula is C25H33F3N4O5. The van der Waals surface area contributed by atoms with Crippen molar-refractivity contribution in [1.29, 1.82) is 0 Å². The summed E-state index contributed by atoms with van der Waals surface area (Å²) < 4.78 is 38.8. The summed E-state index contributed by atoms with van der Waals surface area (Å²) in [6.07, 6.45) is -2.23. The van der Waals surface area contributed by atoms with Crippen LogP contribution in [0.3, 0.4) is 0 Å². The first-order chi connectivity index (χ1) is 17.3. The summed E-state index contributed by atoms with van der Waals surface area (Å²) in [5.41, 5.74) is -0.249. The number of hydrogen-bond acceptors (Lipinski definition) is 5. The largest absolute Gasteiger partial charge is 0.471 e. The normalized spacial score (nSPS) is 29.5. The van der Waals surface area contributed by atoms with E-state index < -0.39 is 47.9 Å². The molecule has 204 valence electrons. The Labute approximate surface area is 212 Å². The van der Waals surface area contributed by atoms with E-state index in [9.17, 15) is 37.1 Å². The summed E-state index contributed by atoms with van der Waals surface area (Å²) in [5, 5.41) is 7.43. The molecule has 3 N–H and O–H groups in total. The third kappa shape index (κ3) is 5.52. The zero-order chi connectivity index (χ0) is 27.3. The van der Waals surface area contributed by atoms with Crippen LogP contribution in [0.1, 0.15) is 46.0 Å². The first-order valence-electron chi connectivity index (χ1n) is 12.7. The lowest BCUT2D eigenvalue weighted by molar-refractivity contribution is -0.175. The number of allylic oxidation sites excluding steroid dienone is 1. The van der Waals surface area contributed by atoms with Gasteiger partial charge in [0.2, 0.25) is 17.7 Å². The van der Waals surface area contributed by atoms with E-state index in [1.54, 1.807) is 0 Å². The molecule has 2 saturated heterocycles. The molecule has 12 heteroatoms. The Hall–Kier alpha value is -2.92. The molecular weight excluding hydrogens is 493 g/mol. The van der Waals surface area contributed by atoms with E-state index in [0.717, 1.165) is 6.08 Å². The number of fused-ring (bicyclic) bond motifs is 1. The molecule has 4 fully saturated rings. The van der Waals surface area contributed by atoms with E-state index in [2.05, 4.69) is 17.2 Å². The summed E-state index contributed by atoms with van der Waals surface area (Å²) in [5.74, 6) is -4.85. The Bertz CT molecular complexity index is 1010. The molecule has 0 aromatic rings. The van der Waals surface area contributed by atoms with Crippen molar-refractivity contribution in [3.05, 3.63) is 12.7 Å². The molecule has 4 aliphatic rings. The number of likely N-dealkylation sites (tertiary alicyclic amines) is 1. The average Bonchev–Trinajstić information content (AvgIpc) is 3.61. The highest BCUT2D eigenvalue weighted by atomic mass is 19.4. The van der Waals surface area contributed by atoms with Gasteiger partial charge in [0.25, 0.3) is 0 Å². The van der Waals surface area contributed by atoms with Crippen LogP contribution in [0.4, 0.5) is 13.2 Å². The Morgan fingerprint density at radius 1 is 1.19 bits per heavy atom. The van der Waals surface area contributed by atoms with Gasteiger partial charge in [0.15, 0.2) is 5.78 Å². The van der Waals surface area contributed by atoms with Gasteiger partial charge in [0.05, 0.1) is 0 Å². The fourth-order valence-electron chi connectivity index (χ4n) is 6.05. The van der Waals surface area contributed by atoms with Crippen LogP contribution in [0, 0.1) is 29.1 Å². The van der Waals surface area contributed by atoms with Crippen molar-refractivity contribution in [3.8, 4) is 0 Å². The number of amides is 4. The molecule has 2 aliphatic heterocycles. The molecule has 9 nitrogen and oxygen atoms in total. The number of halogens is 3. The van der Waals surface area contributed by atoms with Crippen LogP contribution in [-0.4, -0.2) is 71.7 Å². The first-order valence-corrected chi connectivity index (χ1v) is 12.7. The highest BCUT2D eigenvalue weighted by Gasteiger charge is 2.70. The van der Waals surface area contributed by atoms with Gasteiger partial charge in [0, 0.05) is 31.5 Å². The highest BCUT2D eigenvalue weighted by Crippen LogP contribution is 2.65. The van der Waals surface area contributed by atoms with Crippen molar-refractivity contribution in [2.75, 3.05) is 13.1 Å². The minimum atomic E-state index is -5.13. The smallest absolute Gasteiger partial charge is 0.356 e. The summed E-state index contributed by atoms with van der Waals surface area (Å²) in [4.78, 5) is 64.2. The minimum Gasteiger partial charge on any atom is -0.356 e. The predicted octanol–water partition coefficient (Wildman–Crippen LogP) is 1.08. The van der Waals surface area contributed by atoms with E-state index >= 15 is 0 Å². The topological polar surface area (TPSA) is 125 Å². The lowest BCUT2D eigenvalue weighted by atomic mass is 9.94. The maximum atomic E-state index is 13.6. The van der Waals surface area contributed by atoms with Gasteiger partial charge in [-0.05, 0) is 54.9 Å². The van der Waals surface area contributed by atoms with E-state index in [4.69, 9.17) is 0 Å². The molecule has 4 amide bonds. The molecule has 6 atom stereocenters. The molecule has 0 unspecified atom stereocenters. The fourth-order valence-corrected chi connectivity index (χ4v) is 6.05. The Morgan fingerprint density at radius 3 is 2.41 bits per heavy atom. The number of carbonyl (C=O) groups excluding carboxylic acids is 5. The number of ketones is 1. The van der Waals surface area contributed by atoms with Crippen LogP contribution in [0.15, 0.2) is 12.7 Å². The van der Waals surface area contributed by atoms with Crippen molar-refractivity contribution >= 4 is 29.4 Å². The standard InChI is InChI=1S/C25H33F3N4O5/c1-4-15(33)10-14(9-13-7-8-29-20(13)34)30-21(35)19-17-16(24(17,2)3)11-32(19)22(36)18(12-5-6-12)31-23(37)25(26,27)28/h4,12-14,16-19H,1,5-11H2,2-3H3,(H,29,34)(H,30,35)(H,31,37)/t13-,14-,16-,17-,18-,19-/m0/s1. The molecule has 4 rings (SSSR count). The van der Waals surface area contributed by atoms with Crippen LogP contribution in [0.2, 0.25) is 0 Å². The van der Waals surface area contributed by atoms with Gasteiger partial charge in [-0.1, -0.05) is 20.4 Å². The molecule has 0 bridgehead atoms. The number of alkyl halides is 3. The number of nitrogens with one attached hydrogen (secondary N) is 3. The van der Waals surface area contributed by atoms with E-state index in [0.29, 0.717) is 25.8 Å². The second kappa shape index (κ2) is 9.75. The molecule has 2 saturated carbocycles. The van der Waals surface area contributed by atoms with Gasteiger partial charge in [-0.3, -0.25) is 24.0 Å². The van der Waals surface area contributed by atoms with E-state index in [1.165, 1.54) is 4.90 Å². The summed E-state index contributed by atoms with van der Waals surface area (Å²) >= 11 is 0. The summed E-state index contributed by atoms with van der Waals surface area (Å²) in [7, 11) is 0. The number of piperidine rings is 1. The Balaban J connectivity index is 1.52. The van der Waals surface area contributed by atoms with Crippen LogP contribution in [-0.2, 0) is 24.0 Å². The van der Waals surface area contributed by atoms with Gasteiger partial charge in [-0.25, -0.2) is 0 Å². The van der Waals surface area contributed by atoms with Gasteiger partial charge in [-0.15, -0.1) is 0 Å². The zero-order valence-corrected chi connectivity index (χ0v) is 20.9. The third-order valence-electron chi connectivity index (χ3n) is 8.42. The Morgan fingerprint density at radius 2 is 1.86 bits per heavy atom. The number of carbonyl (C=O) groups is 5. The number of nitrogens with zero attached hydrogens (tertiary/aromatic N) is 1. The van der Waals surface area contributed by atoms with Crippen molar-refractivity contribution in [3.63, 3.8) is 0 Å². The molecule has 0 aromatic heterocycles. The summed E-state index contributed by atoms with van der Waals surface area (Å²) in [6, 6.07) is -2.98. The quantitative estimate of drug-likeness (QED) is 0.368. The lowest BCUT2D eigenvalue weighted by Crippen LogP contribution is -2.58. The third-order valence-corrected chi connectivity index (χ3v) is 8.42. The maximum absolute atomic E-state index is 13.6. The van der Waals surface area contributed by atoms with Gasteiger partial charge in [0.1, 0.15) is 12.1 Å². The van der Waals surface area contributed by atoms with E-state index in [1.807, 2.05) is 19.2 Å². The lowest BCUT2D eigenvalue weighted by Gasteiger charge is -2.34. The minimum absolute atomic E-state index is 0.0146.